The summed E-state index contributed by atoms with van der Waals surface area (Å²) in [4.78, 5) is 15.1. The lowest BCUT2D eigenvalue weighted by molar-refractivity contribution is -0.119. The molecule has 0 bridgehead atoms. The molecule has 0 aliphatic carbocycles. The molecule has 2 aromatic carbocycles. The van der Waals surface area contributed by atoms with Gasteiger partial charge in [-0.25, -0.2) is 8.42 Å². The summed E-state index contributed by atoms with van der Waals surface area (Å²) in [7, 11) is -4.04. The van der Waals surface area contributed by atoms with Gasteiger partial charge in [-0.3, -0.25) is 14.0 Å². The number of amides is 1. The van der Waals surface area contributed by atoms with E-state index in [0.717, 1.165) is 43.6 Å². The number of hydrogen-bond acceptors (Lipinski definition) is 6. The largest absolute Gasteiger partial charge is 0.492 e. The van der Waals surface area contributed by atoms with Gasteiger partial charge in [-0.05, 0) is 56.3 Å². The van der Waals surface area contributed by atoms with E-state index in [9.17, 15) is 13.2 Å². The van der Waals surface area contributed by atoms with Gasteiger partial charge in [0.25, 0.3) is 10.0 Å². The van der Waals surface area contributed by atoms with Crippen LogP contribution in [0.1, 0.15) is 13.3 Å². The molecule has 3 rings (SSSR count). The van der Waals surface area contributed by atoms with Crippen molar-refractivity contribution < 1.29 is 22.7 Å². The van der Waals surface area contributed by atoms with Crippen LogP contribution in [0.2, 0.25) is 5.02 Å². The standard InChI is InChI=1S/C23H30ClN3O5S/c1-2-32-22-7-4-3-6-21(22)27(33(29,30)20-10-8-19(24)9-11-20)18-23(28)25-12-5-13-26-14-16-31-17-15-26/h3-4,6-11H,2,5,12-18H2,1H3,(H,25,28). The van der Waals surface area contributed by atoms with Crippen LogP contribution in [0.25, 0.3) is 0 Å². The first-order chi connectivity index (χ1) is 15.9. The molecule has 1 fully saturated rings. The first-order valence-electron chi connectivity index (χ1n) is 11.0. The molecule has 10 heteroatoms. The van der Waals surface area contributed by atoms with Crippen molar-refractivity contribution in [2.45, 2.75) is 18.2 Å². The number of sulfonamides is 1. The maximum atomic E-state index is 13.5. The van der Waals surface area contributed by atoms with Crippen molar-refractivity contribution >= 4 is 33.2 Å². The number of halogens is 1. The van der Waals surface area contributed by atoms with Crippen LogP contribution < -0.4 is 14.4 Å². The number of nitrogens with one attached hydrogen (secondary N) is 1. The summed E-state index contributed by atoms with van der Waals surface area (Å²) >= 11 is 5.93. The van der Waals surface area contributed by atoms with Gasteiger partial charge in [0.1, 0.15) is 12.3 Å². The van der Waals surface area contributed by atoms with Crippen molar-refractivity contribution in [2.75, 3.05) is 56.8 Å². The molecule has 0 aromatic heterocycles. The SMILES string of the molecule is CCOc1ccccc1N(CC(=O)NCCCN1CCOCC1)S(=O)(=O)c1ccc(Cl)cc1. The van der Waals surface area contributed by atoms with Crippen LogP contribution in [-0.4, -0.2) is 71.8 Å². The number of ether oxygens (including phenoxy) is 2. The highest BCUT2D eigenvalue weighted by molar-refractivity contribution is 7.92. The molecular formula is C23H30ClN3O5S. The van der Waals surface area contributed by atoms with Crippen molar-refractivity contribution in [1.29, 1.82) is 0 Å². The van der Waals surface area contributed by atoms with E-state index in [1.807, 2.05) is 6.92 Å². The first-order valence-corrected chi connectivity index (χ1v) is 12.8. The van der Waals surface area contributed by atoms with Gasteiger partial charge < -0.3 is 14.8 Å². The summed E-state index contributed by atoms with van der Waals surface area (Å²) in [6.07, 6.45) is 0.769. The maximum Gasteiger partial charge on any atom is 0.264 e. The van der Waals surface area contributed by atoms with Gasteiger partial charge in [0, 0.05) is 24.7 Å². The van der Waals surface area contributed by atoms with Crippen LogP contribution in [0, 0.1) is 0 Å². The van der Waals surface area contributed by atoms with E-state index in [2.05, 4.69) is 10.2 Å². The van der Waals surface area contributed by atoms with E-state index in [1.54, 1.807) is 24.3 Å². The fourth-order valence-corrected chi connectivity index (χ4v) is 5.07. The summed E-state index contributed by atoms with van der Waals surface area (Å²) < 4.78 is 39.1. The summed E-state index contributed by atoms with van der Waals surface area (Å²) in [5.41, 5.74) is 0.303. The zero-order valence-electron chi connectivity index (χ0n) is 18.7. The van der Waals surface area contributed by atoms with E-state index in [1.165, 1.54) is 24.3 Å². The highest BCUT2D eigenvalue weighted by Gasteiger charge is 2.29. The number of anilines is 1. The number of carbonyl (C=O) groups is 1. The molecule has 1 N–H and O–H groups in total. The topological polar surface area (TPSA) is 88.2 Å². The normalized spacial score (nSPS) is 14.6. The number of carbonyl (C=O) groups excluding carboxylic acids is 1. The fourth-order valence-electron chi connectivity index (χ4n) is 3.52. The second-order valence-electron chi connectivity index (χ2n) is 7.52. The van der Waals surface area contributed by atoms with Gasteiger partial charge in [0.15, 0.2) is 0 Å². The molecule has 0 atom stereocenters. The molecule has 1 aliphatic heterocycles. The zero-order chi connectivity index (χ0) is 23.7. The minimum atomic E-state index is -4.04. The Morgan fingerprint density at radius 1 is 1.15 bits per heavy atom. The molecular weight excluding hydrogens is 466 g/mol. The highest BCUT2D eigenvalue weighted by Crippen LogP contribution is 2.32. The number of hydrogen-bond donors (Lipinski definition) is 1. The molecule has 1 saturated heterocycles. The van der Waals surface area contributed by atoms with Crippen molar-refractivity contribution in [1.82, 2.24) is 10.2 Å². The predicted octanol–water partition coefficient (Wildman–Crippen LogP) is 2.77. The Balaban J connectivity index is 1.74. The fraction of sp³-hybridized carbons (Fsp3) is 0.435. The van der Waals surface area contributed by atoms with Crippen molar-refractivity contribution in [3.63, 3.8) is 0 Å². The Labute approximate surface area is 200 Å². The lowest BCUT2D eigenvalue weighted by Crippen LogP contribution is -2.42. The summed E-state index contributed by atoms with van der Waals surface area (Å²) in [6, 6.07) is 12.6. The average Bonchev–Trinajstić information content (AvgIpc) is 2.82. The Hall–Kier alpha value is -2.33. The van der Waals surface area contributed by atoms with Gasteiger partial charge >= 0.3 is 0 Å². The Kier molecular flexibility index (Phi) is 9.37. The Morgan fingerprint density at radius 2 is 1.85 bits per heavy atom. The van der Waals surface area contributed by atoms with Crippen LogP contribution in [-0.2, 0) is 19.6 Å². The third-order valence-electron chi connectivity index (χ3n) is 5.20. The molecule has 0 unspecified atom stereocenters. The third kappa shape index (κ3) is 7.07. The van der Waals surface area contributed by atoms with Crippen LogP contribution in [0.15, 0.2) is 53.4 Å². The highest BCUT2D eigenvalue weighted by atomic mass is 35.5. The molecule has 2 aromatic rings. The van der Waals surface area contributed by atoms with E-state index in [4.69, 9.17) is 21.1 Å². The minimum absolute atomic E-state index is 0.0401. The monoisotopic (exact) mass is 495 g/mol. The molecule has 180 valence electrons. The Bertz CT molecular complexity index is 1010. The molecule has 1 heterocycles. The lowest BCUT2D eigenvalue weighted by atomic mass is 10.3. The van der Waals surface area contributed by atoms with Gasteiger partial charge in [-0.15, -0.1) is 0 Å². The van der Waals surface area contributed by atoms with E-state index in [-0.39, 0.29) is 17.3 Å². The molecule has 1 aliphatic rings. The van der Waals surface area contributed by atoms with Crippen LogP contribution in [0.4, 0.5) is 5.69 Å². The quantitative estimate of drug-likeness (QED) is 0.482. The number of benzene rings is 2. The average molecular weight is 496 g/mol. The van der Waals surface area contributed by atoms with E-state index >= 15 is 0 Å². The van der Waals surface area contributed by atoms with Gasteiger partial charge in [0.05, 0.1) is 30.4 Å². The summed E-state index contributed by atoms with van der Waals surface area (Å²) in [6.45, 7) is 6.33. The van der Waals surface area contributed by atoms with Gasteiger partial charge in [-0.2, -0.15) is 0 Å². The molecule has 0 radical (unpaired) electrons. The second kappa shape index (κ2) is 12.2. The number of morpholine rings is 1. The summed E-state index contributed by atoms with van der Waals surface area (Å²) in [5.74, 6) is -0.00141. The molecule has 8 nitrogen and oxygen atoms in total. The van der Waals surface area contributed by atoms with Crippen LogP contribution >= 0.6 is 11.6 Å². The number of para-hydroxylation sites is 2. The minimum Gasteiger partial charge on any atom is -0.492 e. The van der Waals surface area contributed by atoms with Crippen molar-refractivity contribution in [3.8, 4) is 5.75 Å². The van der Waals surface area contributed by atoms with Crippen LogP contribution in [0.3, 0.4) is 0 Å². The van der Waals surface area contributed by atoms with E-state index in [0.29, 0.717) is 29.6 Å². The lowest BCUT2D eigenvalue weighted by Gasteiger charge is -2.27. The first kappa shape index (κ1) is 25.3. The smallest absolute Gasteiger partial charge is 0.264 e. The molecule has 33 heavy (non-hydrogen) atoms. The molecule has 0 spiro atoms. The van der Waals surface area contributed by atoms with Gasteiger partial charge in [0.2, 0.25) is 5.91 Å². The zero-order valence-corrected chi connectivity index (χ0v) is 20.3. The number of rotatable bonds is 11. The molecule has 0 saturated carbocycles. The maximum absolute atomic E-state index is 13.5. The number of nitrogens with zero attached hydrogens (tertiary/aromatic N) is 2. The Morgan fingerprint density at radius 3 is 2.55 bits per heavy atom. The summed E-state index contributed by atoms with van der Waals surface area (Å²) in [5, 5.41) is 3.27. The van der Waals surface area contributed by atoms with Crippen molar-refractivity contribution in [2.24, 2.45) is 0 Å². The predicted molar refractivity (Wildman–Crippen MR) is 128 cm³/mol. The van der Waals surface area contributed by atoms with Crippen molar-refractivity contribution in [3.05, 3.63) is 53.6 Å². The molecule has 1 amide bonds. The second-order valence-corrected chi connectivity index (χ2v) is 9.82. The third-order valence-corrected chi connectivity index (χ3v) is 7.23. The van der Waals surface area contributed by atoms with E-state index < -0.39 is 10.0 Å². The van der Waals surface area contributed by atoms with Crippen LogP contribution in [0.5, 0.6) is 5.75 Å². The van der Waals surface area contributed by atoms with Gasteiger partial charge in [-0.1, -0.05) is 23.7 Å².